The SMILES string of the molecule is COc1ncnc2ccccc12.Cl. The molecule has 0 N–H and O–H groups in total. The minimum atomic E-state index is 0. The van der Waals surface area contributed by atoms with Crippen molar-refractivity contribution in [1.29, 1.82) is 0 Å². The summed E-state index contributed by atoms with van der Waals surface area (Å²) in [7, 11) is 1.61. The molecule has 0 atom stereocenters. The molecule has 13 heavy (non-hydrogen) atoms. The van der Waals surface area contributed by atoms with Gasteiger partial charge in [0.25, 0.3) is 0 Å². The Bertz CT molecular complexity index is 400. The Morgan fingerprint density at radius 1 is 1.15 bits per heavy atom. The molecule has 1 heterocycles. The highest BCUT2D eigenvalue weighted by Crippen LogP contribution is 2.19. The largest absolute Gasteiger partial charge is 0.480 e. The van der Waals surface area contributed by atoms with Crippen molar-refractivity contribution < 1.29 is 4.74 Å². The number of aromatic nitrogens is 2. The van der Waals surface area contributed by atoms with Crippen LogP contribution in [-0.4, -0.2) is 17.1 Å². The maximum Gasteiger partial charge on any atom is 0.224 e. The number of para-hydroxylation sites is 1. The maximum absolute atomic E-state index is 5.08. The van der Waals surface area contributed by atoms with Crippen molar-refractivity contribution in [2.24, 2.45) is 0 Å². The first-order valence-electron chi connectivity index (χ1n) is 3.65. The van der Waals surface area contributed by atoms with Gasteiger partial charge in [0, 0.05) is 0 Å². The van der Waals surface area contributed by atoms with Crippen molar-refractivity contribution in [1.82, 2.24) is 9.97 Å². The molecule has 0 aliphatic heterocycles. The lowest BCUT2D eigenvalue weighted by atomic mass is 10.2. The van der Waals surface area contributed by atoms with Gasteiger partial charge < -0.3 is 4.74 Å². The summed E-state index contributed by atoms with van der Waals surface area (Å²) in [5, 5.41) is 0.947. The van der Waals surface area contributed by atoms with Crippen molar-refractivity contribution in [3.8, 4) is 5.88 Å². The summed E-state index contributed by atoms with van der Waals surface area (Å²) < 4.78 is 5.08. The molecule has 4 heteroatoms. The van der Waals surface area contributed by atoms with Crippen LogP contribution in [0.15, 0.2) is 30.6 Å². The fourth-order valence-electron chi connectivity index (χ4n) is 1.14. The molecule has 0 unspecified atom stereocenters. The van der Waals surface area contributed by atoms with E-state index < -0.39 is 0 Å². The van der Waals surface area contributed by atoms with E-state index in [9.17, 15) is 0 Å². The van der Waals surface area contributed by atoms with E-state index in [1.54, 1.807) is 7.11 Å². The Balaban J connectivity index is 0.000000845. The second-order valence-electron chi connectivity index (χ2n) is 2.40. The van der Waals surface area contributed by atoms with E-state index in [0.29, 0.717) is 5.88 Å². The molecule has 0 bridgehead atoms. The predicted molar refractivity (Wildman–Crippen MR) is 53.3 cm³/mol. The molecule has 2 rings (SSSR count). The van der Waals surface area contributed by atoms with Crippen LogP contribution in [0.25, 0.3) is 10.9 Å². The number of ether oxygens (including phenoxy) is 1. The van der Waals surface area contributed by atoms with Gasteiger partial charge in [0.2, 0.25) is 5.88 Å². The van der Waals surface area contributed by atoms with Crippen LogP contribution in [0.4, 0.5) is 0 Å². The number of fused-ring (bicyclic) bond motifs is 1. The van der Waals surface area contributed by atoms with E-state index in [-0.39, 0.29) is 12.4 Å². The zero-order valence-electron chi connectivity index (χ0n) is 7.10. The third-order valence-electron chi connectivity index (χ3n) is 1.70. The van der Waals surface area contributed by atoms with E-state index in [0.717, 1.165) is 10.9 Å². The number of benzene rings is 1. The molecule has 1 aromatic carbocycles. The first-order valence-corrected chi connectivity index (χ1v) is 3.65. The summed E-state index contributed by atoms with van der Waals surface area (Å²) in [5.74, 6) is 0.626. The molecule has 0 saturated carbocycles. The molecule has 0 radical (unpaired) electrons. The van der Waals surface area contributed by atoms with Gasteiger partial charge in [-0.05, 0) is 12.1 Å². The highest BCUT2D eigenvalue weighted by Gasteiger charge is 2.00. The van der Waals surface area contributed by atoms with Gasteiger partial charge in [0.05, 0.1) is 18.0 Å². The van der Waals surface area contributed by atoms with Gasteiger partial charge in [0.15, 0.2) is 0 Å². The highest BCUT2D eigenvalue weighted by atomic mass is 35.5. The first-order chi connectivity index (χ1) is 5.92. The normalized spacial score (nSPS) is 9.31. The van der Waals surface area contributed by atoms with Crippen LogP contribution in [0.1, 0.15) is 0 Å². The van der Waals surface area contributed by atoms with Crippen LogP contribution in [0, 0.1) is 0 Å². The van der Waals surface area contributed by atoms with E-state index in [1.807, 2.05) is 24.3 Å². The third-order valence-corrected chi connectivity index (χ3v) is 1.70. The first kappa shape index (κ1) is 9.74. The van der Waals surface area contributed by atoms with Gasteiger partial charge in [-0.3, -0.25) is 0 Å². The molecule has 3 nitrogen and oxygen atoms in total. The summed E-state index contributed by atoms with van der Waals surface area (Å²) in [4.78, 5) is 8.09. The fraction of sp³-hybridized carbons (Fsp3) is 0.111. The molecule has 0 amide bonds. The average molecular weight is 197 g/mol. The monoisotopic (exact) mass is 196 g/mol. The zero-order valence-corrected chi connectivity index (χ0v) is 7.91. The van der Waals surface area contributed by atoms with E-state index in [2.05, 4.69) is 9.97 Å². The van der Waals surface area contributed by atoms with Crippen molar-refractivity contribution in [3.05, 3.63) is 30.6 Å². The summed E-state index contributed by atoms with van der Waals surface area (Å²) >= 11 is 0. The molecule has 68 valence electrons. The average Bonchev–Trinajstić information content (AvgIpc) is 2.17. The second-order valence-corrected chi connectivity index (χ2v) is 2.40. The highest BCUT2D eigenvalue weighted by molar-refractivity contribution is 5.85. The van der Waals surface area contributed by atoms with E-state index in [1.165, 1.54) is 6.33 Å². The Morgan fingerprint density at radius 2 is 1.92 bits per heavy atom. The standard InChI is InChI=1S/C9H8N2O.ClH/c1-12-9-7-4-2-3-5-8(7)10-6-11-9;/h2-6H,1H3;1H. The number of hydrogen-bond donors (Lipinski definition) is 0. The van der Waals surface area contributed by atoms with Crippen molar-refractivity contribution >= 4 is 23.3 Å². The summed E-state index contributed by atoms with van der Waals surface area (Å²) in [6.45, 7) is 0. The van der Waals surface area contributed by atoms with Crippen molar-refractivity contribution in [2.45, 2.75) is 0 Å². The summed E-state index contributed by atoms with van der Waals surface area (Å²) in [6.07, 6.45) is 1.50. The fourth-order valence-corrected chi connectivity index (χ4v) is 1.14. The van der Waals surface area contributed by atoms with E-state index in [4.69, 9.17) is 4.74 Å². The van der Waals surface area contributed by atoms with Gasteiger partial charge in [-0.25, -0.2) is 9.97 Å². The number of hydrogen-bond acceptors (Lipinski definition) is 3. The molecule has 0 saturated heterocycles. The predicted octanol–water partition coefficient (Wildman–Crippen LogP) is 2.06. The third kappa shape index (κ3) is 1.70. The van der Waals surface area contributed by atoms with Crippen LogP contribution >= 0.6 is 12.4 Å². The molecular weight excluding hydrogens is 188 g/mol. The molecule has 0 aliphatic rings. The van der Waals surface area contributed by atoms with Crippen LogP contribution in [-0.2, 0) is 0 Å². The lowest BCUT2D eigenvalue weighted by Gasteiger charge is -2.01. The Kier molecular flexibility index (Phi) is 3.03. The number of halogens is 1. The number of rotatable bonds is 1. The Hall–Kier alpha value is -1.35. The van der Waals surface area contributed by atoms with Crippen LogP contribution in [0.3, 0.4) is 0 Å². The zero-order chi connectivity index (χ0) is 8.39. The van der Waals surface area contributed by atoms with Gasteiger partial charge >= 0.3 is 0 Å². The molecule has 2 aromatic rings. The lowest BCUT2D eigenvalue weighted by molar-refractivity contribution is 0.402. The molecule has 0 fully saturated rings. The quantitative estimate of drug-likeness (QED) is 0.701. The van der Waals surface area contributed by atoms with E-state index >= 15 is 0 Å². The smallest absolute Gasteiger partial charge is 0.224 e. The van der Waals surface area contributed by atoms with Crippen molar-refractivity contribution in [3.63, 3.8) is 0 Å². The minimum absolute atomic E-state index is 0. The second kappa shape index (κ2) is 4.05. The van der Waals surface area contributed by atoms with Crippen molar-refractivity contribution in [2.75, 3.05) is 7.11 Å². The number of methoxy groups -OCH3 is 1. The topological polar surface area (TPSA) is 35.0 Å². The van der Waals surface area contributed by atoms with Crippen LogP contribution in [0.2, 0.25) is 0 Å². The van der Waals surface area contributed by atoms with Gasteiger partial charge in [-0.1, -0.05) is 12.1 Å². The van der Waals surface area contributed by atoms with Gasteiger partial charge in [-0.2, -0.15) is 0 Å². The van der Waals surface area contributed by atoms with Gasteiger partial charge in [-0.15, -0.1) is 12.4 Å². The number of nitrogens with zero attached hydrogens (tertiary/aromatic N) is 2. The summed E-state index contributed by atoms with van der Waals surface area (Å²) in [6, 6.07) is 7.75. The van der Waals surface area contributed by atoms with Crippen LogP contribution in [0.5, 0.6) is 5.88 Å². The lowest BCUT2D eigenvalue weighted by Crippen LogP contribution is -1.89. The minimum Gasteiger partial charge on any atom is -0.480 e. The molecular formula is C9H9ClN2O. The Labute approximate surface area is 82.2 Å². The maximum atomic E-state index is 5.08. The van der Waals surface area contributed by atoms with Crippen LogP contribution < -0.4 is 4.74 Å². The molecule has 0 spiro atoms. The van der Waals surface area contributed by atoms with Gasteiger partial charge in [0.1, 0.15) is 6.33 Å². The molecule has 0 aliphatic carbocycles. The Morgan fingerprint density at radius 3 is 2.69 bits per heavy atom. The molecule has 1 aromatic heterocycles. The summed E-state index contributed by atoms with van der Waals surface area (Å²) in [5.41, 5.74) is 0.907.